The van der Waals surface area contributed by atoms with Gasteiger partial charge in [0.05, 0.1) is 5.69 Å². The molecule has 0 aliphatic carbocycles. The molecule has 88 valence electrons. The first-order valence-electron chi connectivity index (χ1n) is 4.71. The molecule has 0 heterocycles. The van der Waals surface area contributed by atoms with Gasteiger partial charge in [0.2, 0.25) is 0 Å². The lowest BCUT2D eigenvalue weighted by atomic mass is 10.2. The van der Waals surface area contributed by atoms with Crippen LogP contribution in [0.15, 0.2) is 27.9 Å². The van der Waals surface area contributed by atoms with Gasteiger partial charge >= 0.3 is 0 Å². The van der Waals surface area contributed by atoms with Gasteiger partial charge in [0.15, 0.2) is 5.57 Å². The van der Waals surface area contributed by atoms with Gasteiger partial charge in [-0.15, -0.1) is 0 Å². The minimum absolute atomic E-state index is 0.174. The van der Waals surface area contributed by atoms with Crippen molar-refractivity contribution < 1.29 is 4.39 Å². The van der Waals surface area contributed by atoms with Crippen LogP contribution in [0.25, 0.3) is 0 Å². The predicted octanol–water partition coefficient (Wildman–Crippen LogP) is 3.13. The van der Waals surface area contributed by atoms with Crippen molar-refractivity contribution in [3.05, 3.63) is 39.3 Å². The van der Waals surface area contributed by atoms with E-state index in [2.05, 4.69) is 21.2 Å². The van der Waals surface area contributed by atoms with Gasteiger partial charge in [-0.1, -0.05) is 0 Å². The van der Waals surface area contributed by atoms with Crippen LogP contribution >= 0.6 is 15.9 Å². The number of halogens is 2. The summed E-state index contributed by atoms with van der Waals surface area (Å²) in [5.74, 6) is -0.393. The molecule has 0 amide bonds. The third-order valence-electron chi connectivity index (χ3n) is 2.17. The van der Waals surface area contributed by atoms with E-state index in [4.69, 9.17) is 15.8 Å². The van der Waals surface area contributed by atoms with Crippen molar-refractivity contribution in [2.24, 2.45) is 0 Å². The fourth-order valence-corrected chi connectivity index (χ4v) is 1.60. The summed E-state index contributed by atoms with van der Waals surface area (Å²) in [6.07, 6.45) is 0. The number of anilines is 1. The molecule has 1 aromatic carbocycles. The highest BCUT2D eigenvalue weighted by Crippen LogP contribution is 2.29. The highest BCUT2D eigenvalue weighted by atomic mass is 79.9. The van der Waals surface area contributed by atoms with Crippen LogP contribution in [0.4, 0.5) is 10.1 Å². The Hall–Kier alpha value is -2.36. The molecule has 18 heavy (non-hydrogen) atoms. The van der Waals surface area contributed by atoms with Gasteiger partial charge in [-0.25, -0.2) is 4.39 Å². The second-order valence-electron chi connectivity index (χ2n) is 3.24. The molecule has 6 heteroatoms. The number of nitrogens with one attached hydrogen (secondary N) is 1. The molecule has 0 atom stereocenters. The Kier molecular flexibility index (Phi) is 4.43. The molecule has 0 saturated heterocycles. The number of nitrogens with zero attached hydrogens (tertiary/aromatic N) is 3. The molecule has 0 radical (unpaired) electrons. The Morgan fingerprint density at radius 2 is 1.83 bits per heavy atom. The highest BCUT2D eigenvalue weighted by molar-refractivity contribution is 9.10. The summed E-state index contributed by atoms with van der Waals surface area (Å²) in [5, 5.41) is 28.9. The van der Waals surface area contributed by atoms with Crippen LogP contribution in [0.1, 0.15) is 5.56 Å². The van der Waals surface area contributed by atoms with E-state index < -0.39 is 5.82 Å². The smallest absolute Gasteiger partial charge is 0.163 e. The van der Waals surface area contributed by atoms with Crippen molar-refractivity contribution in [3.8, 4) is 18.2 Å². The van der Waals surface area contributed by atoms with E-state index in [0.717, 1.165) is 0 Å². The Morgan fingerprint density at radius 3 is 2.33 bits per heavy atom. The molecule has 0 aliphatic rings. The SMILES string of the molecule is Cc1c(F)ccc(NC(C#N)=C(C#N)C#N)c1Br. The minimum Gasteiger partial charge on any atom is -0.344 e. The molecule has 0 aliphatic heterocycles. The third-order valence-corrected chi connectivity index (χ3v) is 3.19. The van der Waals surface area contributed by atoms with Crippen molar-refractivity contribution in [1.82, 2.24) is 0 Å². The molecule has 4 nitrogen and oxygen atoms in total. The van der Waals surface area contributed by atoms with E-state index >= 15 is 0 Å². The van der Waals surface area contributed by atoms with E-state index in [1.165, 1.54) is 12.1 Å². The van der Waals surface area contributed by atoms with E-state index in [1.807, 2.05) is 0 Å². The Labute approximate surface area is 112 Å². The standard InChI is InChI=1S/C12H6BrFN4/c1-7-9(14)2-3-10(12(7)13)18-11(6-17)8(4-15)5-16/h2-3,18H,1H3. The van der Waals surface area contributed by atoms with Gasteiger partial charge in [-0.05, 0) is 35.0 Å². The number of hydrogen-bond acceptors (Lipinski definition) is 4. The third kappa shape index (κ3) is 2.66. The summed E-state index contributed by atoms with van der Waals surface area (Å²) in [6.45, 7) is 1.57. The highest BCUT2D eigenvalue weighted by Gasteiger charge is 2.11. The zero-order chi connectivity index (χ0) is 13.7. The Balaban J connectivity index is 3.26. The molecular formula is C12H6BrFN4. The summed E-state index contributed by atoms with van der Waals surface area (Å²) >= 11 is 3.18. The van der Waals surface area contributed by atoms with Gasteiger partial charge in [0.1, 0.15) is 29.7 Å². The summed E-state index contributed by atoms with van der Waals surface area (Å²) in [4.78, 5) is 0. The van der Waals surface area contributed by atoms with Gasteiger partial charge in [-0.3, -0.25) is 0 Å². The average Bonchev–Trinajstić information content (AvgIpc) is 2.38. The largest absolute Gasteiger partial charge is 0.344 e. The van der Waals surface area contributed by atoms with Crippen molar-refractivity contribution >= 4 is 21.6 Å². The second kappa shape index (κ2) is 5.82. The molecule has 0 bridgehead atoms. The van der Waals surface area contributed by atoms with Crippen LogP contribution in [-0.2, 0) is 0 Å². The van der Waals surface area contributed by atoms with Gasteiger partial charge < -0.3 is 5.32 Å². The Bertz CT molecular complexity index is 628. The van der Waals surface area contributed by atoms with E-state index in [1.54, 1.807) is 25.1 Å². The van der Waals surface area contributed by atoms with Crippen LogP contribution in [-0.4, -0.2) is 0 Å². The molecule has 0 saturated carbocycles. The molecular weight excluding hydrogens is 299 g/mol. The van der Waals surface area contributed by atoms with Crippen LogP contribution in [0.3, 0.4) is 0 Å². The monoisotopic (exact) mass is 304 g/mol. The number of nitriles is 3. The maximum atomic E-state index is 13.2. The molecule has 1 aromatic rings. The fraction of sp³-hybridized carbons (Fsp3) is 0.0833. The lowest BCUT2D eigenvalue weighted by Crippen LogP contribution is -2.02. The molecule has 1 rings (SSSR count). The zero-order valence-corrected chi connectivity index (χ0v) is 10.8. The van der Waals surface area contributed by atoms with E-state index in [-0.39, 0.29) is 11.3 Å². The fourth-order valence-electron chi connectivity index (χ4n) is 1.18. The molecule has 0 fully saturated rings. The van der Waals surface area contributed by atoms with Crippen molar-refractivity contribution in [1.29, 1.82) is 15.8 Å². The quantitative estimate of drug-likeness (QED) is 0.851. The lowest BCUT2D eigenvalue weighted by Gasteiger charge is -2.09. The molecule has 0 unspecified atom stereocenters. The maximum absolute atomic E-state index is 13.2. The second-order valence-corrected chi connectivity index (χ2v) is 4.04. The first kappa shape index (κ1) is 13.7. The van der Waals surface area contributed by atoms with Crippen LogP contribution in [0.2, 0.25) is 0 Å². The van der Waals surface area contributed by atoms with Crippen LogP contribution in [0, 0.1) is 46.7 Å². The first-order valence-corrected chi connectivity index (χ1v) is 5.50. The minimum atomic E-state index is -0.393. The van der Waals surface area contributed by atoms with E-state index in [9.17, 15) is 4.39 Å². The number of hydrogen-bond donors (Lipinski definition) is 1. The van der Waals surface area contributed by atoms with Gasteiger partial charge in [-0.2, -0.15) is 15.8 Å². The molecule has 0 spiro atoms. The number of rotatable bonds is 2. The molecule has 0 aromatic heterocycles. The summed E-state index contributed by atoms with van der Waals surface area (Å²) < 4.78 is 13.7. The summed E-state index contributed by atoms with van der Waals surface area (Å²) in [5.41, 5.74) is 0.277. The average molecular weight is 305 g/mol. The molecule has 1 N–H and O–H groups in total. The topological polar surface area (TPSA) is 83.4 Å². The van der Waals surface area contributed by atoms with E-state index in [0.29, 0.717) is 15.7 Å². The zero-order valence-electron chi connectivity index (χ0n) is 9.25. The predicted molar refractivity (Wildman–Crippen MR) is 66.3 cm³/mol. The van der Waals surface area contributed by atoms with Crippen molar-refractivity contribution in [3.63, 3.8) is 0 Å². The summed E-state index contributed by atoms with van der Waals surface area (Å²) in [6, 6.07) is 7.59. The lowest BCUT2D eigenvalue weighted by molar-refractivity contribution is 0.617. The maximum Gasteiger partial charge on any atom is 0.163 e. The number of benzene rings is 1. The van der Waals surface area contributed by atoms with Crippen molar-refractivity contribution in [2.75, 3.05) is 5.32 Å². The van der Waals surface area contributed by atoms with Gasteiger partial charge in [0, 0.05) is 10.0 Å². The Morgan fingerprint density at radius 1 is 1.22 bits per heavy atom. The van der Waals surface area contributed by atoms with Crippen LogP contribution < -0.4 is 5.32 Å². The summed E-state index contributed by atoms with van der Waals surface area (Å²) in [7, 11) is 0. The normalized spacial score (nSPS) is 8.67. The first-order chi connectivity index (χ1) is 8.54. The number of allylic oxidation sites excluding steroid dienone is 2. The van der Waals surface area contributed by atoms with Crippen molar-refractivity contribution in [2.45, 2.75) is 6.92 Å². The van der Waals surface area contributed by atoms with Gasteiger partial charge in [0.25, 0.3) is 0 Å². The van der Waals surface area contributed by atoms with Crippen LogP contribution in [0.5, 0.6) is 0 Å².